The van der Waals surface area contributed by atoms with Crippen molar-refractivity contribution in [3.8, 4) is 6.07 Å². The van der Waals surface area contributed by atoms with E-state index in [1.165, 1.54) is 12.8 Å². The van der Waals surface area contributed by atoms with Gasteiger partial charge in [0.15, 0.2) is 0 Å². The van der Waals surface area contributed by atoms with Crippen LogP contribution >= 0.6 is 11.6 Å². The summed E-state index contributed by atoms with van der Waals surface area (Å²) in [6, 6.07) is 2.14. The van der Waals surface area contributed by atoms with Gasteiger partial charge in [-0.1, -0.05) is 26.2 Å². The first-order valence-electron chi connectivity index (χ1n) is 4.82. The number of halogens is 1. The summed E-state index contributed by atoms with van der Waals surface area (Å²) < 4.78 is 0. The highest BCUT2D eigenvalue weighted by molar-refractivity contribution is 6.20. The van der Waals surface area contributed by atoms with E-state index in [1.54, 1.807) is 0 Å². The quantitative estimate of drug-likeness (QED) is 0.439. The van der Waals surface area contributed by atoms with E-state index in [-0.39, 0.29) is 0 Å². The third kappa shape index (κ3) is 7.88. The highest BCUT2D eigenvalue weighted by atomic mass is 35.5. The van der Waals surface area contributed by atoms with Crippen LogP contribution in [0.2, 0.25) is 0 Å². The lowest BCUT2D eigenvalue weighted by Crippen LogP contribution is -1.97. The molecule has 0 aromatic carbocycles. The molecule has 0 saturated carbocycles. The van der Waals surface area contributed by atoms with E-state index in [9.17, 15) is 0 Å². The first kappa shape index (κ1) is 11.8. The Bertz CT molecular complexity index is 128. The summed E-state index contributed by atoms with van der Waals surface area (Å²) in [6.07, 6.45) is 7.44. The summed E-state index contributed by atoms with van der Waals surface area (Å²) in [5.74, 6) is 0. The second-order valence-corrected chi connectivity index (χ2v) is 3.76. The number of nitriles is 1. The van der Waals surface area contributed by atoms with Gasteiger partial charge in [0.1, 0.15) is 0 Å². The Kier molecular flexibility index (Phi) is 8.71. The van der Waals surface area contributed by atoms with Crippen molar-refractivity contribution in [2.45, 2.75) is 57.2 Å². The average molecular weight is 188 g/mol. The first-order chi connectivity index (χ1) is 5.81. The molecule has 0 saturated heterocycles. The van der Waals surface area contributed by atoms with Gasteiger partial charge in [0.25, 0.3) is 0 Å². The highest BCUT2D eigenvalue weighted by Gasteiger charge is 2.02. The minimum atomic E-state index is 0.337. The Morgan fingerprint density at radius 1 is 1.25 bits per heavy atom. The van der Waals surface area contributed by atoms with Crippen LogP contribution in [-0.2, 0) is 0 Å². The maximum absolute atomic E-state index is 8.29. The van der Waals surface area contributed by atoms with Crippen LogP contribution in [0.4, 0.5) is 0 Å². The predicted molar refractivity (Wildman–Crippen MR) is 53.2 cm³/mol. The van der Waals surface area contributed by atoms with Crippen LogP contribution in [0.25, 0.3) is 0 Å². The van der Waals surface area contributed by atoms with Gasteiger partial charge in [0, 0.05) is 11.8 Å². The second kappa shape index (κ2) is 8.87. The molecule has 1 nitrogen and oxygen atoms in total. The Hall–Kier alpha value is -0.220. The highest BCUT2D eigenvalue weighted by Crippen LogP contribution is 2.14. The second-order valence-electron chi connectivity index (χ2n) is 3.14. The Morgan fingerprint density at radius 2 is 1.92 bits per heavy atom. The summed E-state index contributed by atoms with van der Waals surface area (Å²) in [7, 11) is 0. The van der Waals surface area contributed by atoms with Gasteiger partial charge in [0.2, 0.25) is 0 Å². The number of alkyl halides is 1. The van der Waals surface area contributed by atoms with Gasteiger partial charge < -0.3 is 0 Å². The molecule has 0 aliphatic carbocycles. The molecule has 0 aromatic rings. The summed E-state index contributed by atoms with van der Waals surface area (Å²) in [6.45, 7) is 2.18. The van der Waals surface area contributed by atoms with Gasteiger partial charge in [-0.25, -0.2) is 0 Å². The maximum Gasteiger partial charge on any atom is 0.0621 e. The third-order valence-electron chi connectivity index (χ3n) is 1.93. The number of unbranched alkanes of at least 4 members (excludes halogenated alkanes) is 3. The van der Waals surface area contributed by atoms with Crippen molar-refractivity contribution in [2.24, 2.45) is 0 Å². The normalized spacial score (nSPS) is 12.4. The van der Waals surface area contributed by atoms with Gasteiger partial charge in [-0.3, -0.25) is 0 Å². The van der Waals surface area contributed by atoms with Crippen LogP contribution in [0.1, 0.15) is 51.9 Å². The van der Waals surface area contributed by atoms with Crippen molar-refractivity contribution in [1.82, 2.24) is 0 Å². The smallest absolute Gasteiger partial charge is 0.0621 e. The van der Waals surface area contributed by atoms with E-state index in [1.807, 2.05) is 0 Å². The molecule has 12 heavy (non-hydrogen) atoms. The molecule has 1 atom stereocenters. The molecule has 1 unspecified atom stereocenters. The monoisotopic (exact) mass is 187 g/mol. The van der Waals surface area contributed by atoms with Crippen molar-refractivity contribution in [2.75, 3.05) is 0 Å². The van der Waals surface area contributed by atoms with Crippen LogP contribution in [0.5, 0.6) is 0 Å². The first-order valence-corrected chi connectivity index (χ1v) is 5.26. The molecule has 0 aliphatic heterocycles. The minimum Gasteiger partial charge on any atom is -0.198 e. The predicted octanol–water partition coefficient (Wildman–Crippen LogP) is 3.87. The molecule has 0 rings (SSSR count). The van der Waals surface area contributed by atoms with Crippen molar-refractivity contribution in [3.05, 3.63) is 0 Å². The van der Waals surface area contributed by atoms with Gasteiger partial charge >= 0.3 is 0 Å². The molecule has 0 aliphatic rings. The van der Waals surface area contributed by atoms with Gasteiger partial charge in [-0.05, 0) is 19.3 Å². The van der Waals surface area contributed by atoms with E-state index in [4.69, 9.17) is 16.9 Å². The largest absolute Gasteiger partial charge is 0.198 e. The molecule has 70 valence electrons. The van der Waals surface area contributed by atoms with Crippen molar-refractivity contribution in [3.63, 3.8) is 0 Å². The van der Waals surface area contributed by atoms with Crippen molar-refractivity contribution < 1.29 is 0 Å². The standard InChI is InChI=1S/C10H18ClN/c1-2-3-7-10(11)8-5-4-6-9-12/h10H,2-8H2,1H3. The molecule has 0 radical (unpaired) electrons. The zero-order chi connectivity index (χ0) is 9.23. The van der Waals surface area contributed by atoms with E-state index in [2.05, 4.69) is 13.0 Å². The Balaban J connectivity index is 3.09. The molecule has 0 aromatic heterocycles. The summed E-state index contributed by atoms with van der Waals surface area (Å²) >= 11 is 6.06. The zero-order valence-corrected chi connectivity index (χ0v) is 8.61. The molecule has 0 fully saturated rings. The summed E-state index contributed by atoms with van der Waals surface area (Å²) in [4.78, 5) is 0. The summed E-state index contributed by atoms with van der Waals surface area (Å²) in [5.41, 5.74) is 0. The fourth-order valence-corrected chi connectivity index (χ4v) is 1.45. The van der Waals surface area contributed by atoms with Crippen molar-refractivity contribution >= 4 is 11.6 Å². The maximum atomic E-state index is 8.29. The third-order valence-corrected chi connectivity index (χ3v) is 2.36. The molecule has 0 heterocycles. The van der Waals surface area contributed by atoms with Gasteiger partial charge in [-0.15, -0.1) is 11.6 Å². The van der Waals surface area contributed by atoms with Crippen molar-refractivity contribution in [1.29, 1.82) is 5.26 Å². The lowest BCUT2D eigenvalue weighted by atomic mass is 10.1. The van der Waals surface area contributed by atoms with E-state index in [0.717, 1.165) is 25.7 Å². The van der Waals surface area contributed by atoms with Gasteiger partial charge in [0.05, 0.1) is 6.07 Å². The SMILES string of the molecule is CCCCC(Cl)CCCCC#N. The molecule has 0 N–H and O–H groups in total. The molecule has 0 bridgehead atoms. The minimum absolute atomic E-state index is 0.337. The number of hydrogen-bond donors (Lipinski definition) is 0. The fraction of sp³-hybridized carbons (Fsp3) is 0.900. The van der Waals surface area contributed by atoms with Crippen LogP contribution in [-0.4, -0.2) is 5.38 Å². The van der Waals surface area contributed by atoms with Crippen LogP contribution in [0.3, 0.4) is 0 Å². The Labute approximate surface area is 80.7 Å². The van der Waals surface area contributed by atoms with E-state index >= 15 is 0 Å². The fourth-order valence-electron chi connectivity index (χ4n) is 1.14. The number of hydrogen-bond acceptors (Lipinski definition) is 1. The number of rotatable bonds is 7. The van der Waals surface area contributed by atoms with Crippen LogP contribution in [0.15, 0.2) is 0 Å². The van der Waals surface area contributed by atoms with Gasteiger partial charge in [-0.2, -0.15) is 5.26 Å². The van der Waals surface area contributed by atoms with Crippen LogP contribution in [0, 0.1) is 11.3 Å². The molecule has 0 spiro atoms. The topological polar surface area (TPSA) is 23.8 Å². The number of nitrogens with zero attached hydrogens (tertiary/aromatic N) is 1. The molecule has 2 heteroatoms. The Morgan fingerprint density at radius 3 is 2.50 bits per heavy atom. The molecular formula is C10H18ClN. The summed E-state index contributed by atoms with van der Waals surface area (Å²) in [5, 5.41) is 8.63. The van der Waals surface area contributed by atoms with E-state index in [0.29, 0.717) is 11.8 Å². The molecule has 0 amide bonds. The van der Waals surface area contributed by atoms with Crippen LogP contribution < -0.4 is 0 Å². The molecular weight excluding hydrogens is 170 g/mol. The van der Waals surface area contributed by atoms with E-state index < -0.39 is 0 Å². The lowest BCUT2D eigenvalue weighted by molar-refractivity contribution is 0.600. The lowest BCUT2D eigenvalue weighted by Gasteiger charge is -2.06. The zero-order valence-electron chi connectivity index (χ0n) is 7.85. The average Bonchev–Trinajstić information content (AvgIpc) is 2.09.